The molecule has 6 nitrogen and oxygen atoms in total. The summed E-state index contributed by atoms with van der Waals surface area (Å²) in [5, 5.41) is 3.16. The van der Waals surface area contributed by atoms with Crippen LogP contribution in [0.2, 0.25) is 5.02 Å². The number of nitrogens with zero attached hydrogens (tertiary/aromatic N) is 1. The number of hydrogen-bond donors (Lipinski definition) is 1. The van der Waals surface area contributed by atoms with Crippen LogP contribution in [0, 0.1) is 13.8 Å². The van der Waals surface area contributed by atoms with Crippen molar-refractivity contribution in [2.75, 3.05) is 22.4 Å². The summed E-state index contributed by atoms with van der Waals surface area (Å²) in [6.45, 7) is 3.96. The fourth-order valence-electron chi connectivity index (χ4n) is 3.63. The van der Waals surface area contributed by atoms with E-state index < -0.39 is 10.0 Å². The van der Waals surface area contributed by atoms with Gasteiger partial charge in [-0.3, -0.25) is 13.9 Å². The minimum absolute atomic E-state index is 0.0818. The van der Waals surface area contributed by atoms with Gasteiger partial charge in [0, 0.05) is 29.1 Å². The van der Waals surface area contributed by atoms with Crippen molar-refractivity contribution >= 4 is 44.7 Å². The third kappa shape index (κ3) is 6.24. The molecule has 0 saturated heterocycles. The Morgan fingerprint density at radius 3 is 2.35 bits per heavy atom. The maximum Gasteiger partial charge on any atom is 0.232 e. The molecule has 0 fully saturated rings. The van der Waals surface area contributed by atoms with Crippen LogP contribution >= 0.6 is 11.6 Å². The van der Waals surface area contributed by atoms with Gasteiger partial charge in [0.25, 0.3) is 0 Å². The lowest BCUT2D eigenvalue weighted by Crippen LogP contribution is -2.32. The number of hydrogen-bond acceptors (Lipinski definition) is 4. The number of carbonyl (C=O) groups is 2. The molecule has 0 aliphatic heterocycles. The standard InChI is InChI=1S/C26H27ClN2O4S/c1-18-9-7-12-24(19(18)2)29(34(3,32)33)16-8-13-25(30)28-23-15-14-21(27)17-22(23)26(31)20-10-5-4-6-11-20/h4-7,9-12,14-15,17H,8,13,16H2,1-3H3,(H,28,30). The third-order valence-corrected chi connectivity index (χ3v) is 6.96. The van der Waals surface area contributed by atoms with E-state index in [1.165, 1.54) is 10.4 Å². The van der Waals surface area contributed by atoms with Crippen LogP contribution in [-0.4, -0.2) is 32.9 Å². The molecule has 0 aliphatic carbocycles. The minimum atomic E-state index is -3.53. The summed E-state index contributed by atoms with van der Waals surface area (Å²) in [5.41, 5.74) is 3.61. The number of carbonyl (C=O) groups excluding carboxylic acids is 2. The van der Waals surface area contributed by atoms with Crippen LogP contribution in [0.4, 0.5) is 11.4 Å². The first-order valence-corrected chi connectivity index (χ1v) is 13.0. The molecule has 1 N–H and O–H groups in total. The highest BCUT2D eigenvalue weighted by atomic mass is 35.5. The van der Waals surface area contributed by atoms with Crippen molar-refractivity contribution in [3.8, 4) is 0 Å². The van der Waals surface area contributed by atoms with Gasteiger partial charge in [-0.25, -0.2) is 8.42 Å². The molecule has 0 aromatic heterocycles. The highest BCUT2D eigenvalue weighted by Gasteiger charge is 2.21. The van der Waals surface area contributed by atoms with Crippen LogP contribution in [0.5, 0.6) is 0 Å². The van der Waals surface area contributed by atoms with Gasteiger partial charge in [0.2, 0.25) is 15.9 Å². The van der Waals surface area contributed by atoms with Gasteiger partial charge in [0.15, 0.2) is 5.78 Å². The van der Waals surface area contributed by atoms with Crippen molar-refractivity contribution in [1.82, 2.24) is 0 Å². The summed E-state index contributed by atoms with van der Waals surface area (Å²) in [5.74, 6) is -0.574. The predicted octanol–water partition coefficient (Wildman–Crippen LogP) is 5.37. The van der Waals surface area contributed by atoms with E-state index in [2.05, 4.69) is 5.32 Å². The molecule has 0 atom stereocenters. The molecule has 0 unspecified atom stereocenters. The fraction of sp³-hybridized carbons (Fsp3) is 0.231. The summed E-state index contributed by atoms with van der Waals surface area (Å²) >= 11 is 6.10. The second-order valence-electron chi connectivity index (χ2n) is 8.09. The molecule has 0 bridgehead atoms. The Morgan fingerprint density at radius 2 is 1.68 bits per heavy atom. The minimum Gasteiger partial charge on any atom is -0.325 e. The van der Waals surface area contributed by atoms with Gasteiger partial charge in [0.05, 0.1) is 17.6 Å². The summed E-state index contributed by atoms with van der Waals surface area (Å²) in [6, 6.07) is 19.0. The second kappa shape index (κ2) is 10.8. The molecule has 34 heavy (non-hydrogen) atoms. The lowest BCUT2D eigenvalue weighted by Gasteiger charge is -2.25. The largest absolute Gasteiger partial charge is 0.325 e. The lowest BCUT2D eigenvalue weighted by molar-refractivity contribution is -0.116. The Hall–Kier alpha value is -3.16. The molecular weight excluding hydrogens is 472 g/mol. The van der Waals surface area contributed by atoms with Crippen LogP contribution in [-0.2, 0) is 14.8 Å². The number of amides is 1. The zero-order chi connectivity index (χ0) is 24.9. The summed E-state index contributed by atoms with van der Waals surface area (Å²) in [6.07, 6.45) is 1.55. The van der Waals surface area contributed by atoms with E-state index >= 15 is 0 Å². The second-order valence-corrected chi connectivity index (χ2v) is 10.4. The molecular formula is C26H27ClN2O4S. The lowest BCUT2D eigenvalue weighted by atomic mass is 10.0. The van der Waals surface area contributed by atoms with Gasteiger partial charge in [-0.15, -0.1) is 0 Å². The first-order chi connectivity index (χ1) is 16.1. The molecule has 0 radical (unpaired) electrons. The number of sulfonamides is 1. The first kappa shape index (κ1) is 25.5. The van der Waals surface area contributed by atoms with E-state index in [0.717, 1.165) is 17.4 Å². The average molecular weight is 499 g/mol. The summed E-state index contributed by atoms with van der Waals surface area (Å²) < 4.78 is 26.2. The monoisotopic (exact) mass is 498 g/mol. The summed E-state index contributed by atoms with van der Waals surface area (Å²) in [7, 11) is -3.53. The Kier molecular flexibility index (Phi) is 8.12. The summed E-state index contributed by atoms with van der Waals surface area (Å²) in [4.78, 5) is 25.6. The van der Waals surface area contributed by atoms with Crippen LogP contribution in [0.25, 0.3) is 0 Å². The van der Waals surface area contributed by atoms with E-state index in [4.69, 9.17) is 11.6 Å². The zero-order valence-corrected chi connectivity index (χ0v) is 20.9. The highest BCUT2D eigenvalue weighted by Crippen LogP contribution is 2.26. The van der Waals surface area contributed by atoms with Crippen molar-refractivity contribution < 1.29 is 18.0 Å². The Bertz CT molecular complexity index is 1310. The molecule has 3 rings (SSSR count). The fourth-order valence-corrected chi connectivity index (χ4v) is 4.81. The van der Waals surface area contributed by atoms with Gasteiger partial charge >= 0.3 is 0 Å². The van der Waals surface area contributed by atoms with Gasteiger partial charge in [-0.1, -0.05) is 54.1 Å². The third-order valence-electron chi connectivity index (χ3n) is 5.55. The van der Waals surface area contributed by atoms with E-state index in [9.17, 15) is 18.0 Å². The van der Waals surface area contributed by atoms with E-state index in [1.54, 1.807) is 42.5 Å². The molecule has 178 valence electrons. The Morgan fingerprint density at radius 1 is 0.971 bits per heavy atom. The van der Waals surface area contributed by atoms with Gasteiger partial charge in [0.1, 0.15) is 0 Å². The number of rotatable bonds is 9. The van der Waals surface area contributed by atoms with E-state index in [1.807, 2.05) is 32.0 Å². The molecule has 3 aromatic carbocycles. The van der Waals surface area contributed by atoms with Crippen molar-refractivity contribution in [2.45, 2.75) is 26.7 Å². The van der Waals surface area contributed by atoms with Crippen molar-refractivity contribution in [3.63, 3.8) is 0 Å². The topological polar surface area (TPSA) is 83.6 Å². The molecule has 0 heterocycles. The van der Waals surface area contributed by atoms with E-state index in [0.29, 0.717) is 33.9 Å². The van der Waals surface area contributed by atoms with E-state index in [-0.39, 0.29) is 24.7 Å². The molecule has 0 saturated carbocycles. The van der Waals surface area contributed by atoms with Gasteiger partial charge in [-0.2, -0.15) is 0 Å². The predicted molar refractivity (Wildman–Crippen MR) is 137 cm³/mol. The highest BCUT2D eigenvalue weighted by molar-refractivity contribution is 7.92. The number of benzene rings is 3. The number of halogens is 1. The number of aryl methyl sites for hydroxylation is 1. The maximum atomic E-state index is 12.9. The van der Waals surface area contributed by atoms with Crippen molar-refractivity contribution in [2.24, 2.45) is 0 Å². The first-order valence-electron chi connectivity index (χ1n) is 10.8. The molecule has 1 amide bonds. The maximum absolute atomic E-state index is 12.9. The smallest absolute Gasteiger partial charge is 0.232 e. The van der Waals surface area contributed by atoms with Crippen LogP contribution in [0.3, 0.4) is 0 Å². The molecule has 3 aromatic rings. The van der Waals surface area contributed by atoms with Crippen molar-refractivity contribution in [1.29, 1.82) is 0 Å². The van der Waals surface area contributed by atoms with Crippen molar-refractivity contribution in [3.05, 3.63) is 94.0 Å². The molecule has 8 heteroatoms. The Balaban J connectivity index is 1.71. The van der Waals surface area contributed by atoms with Crippen LogP contribution in [0.15, 0.2) is 66.7 Å². The van der Waals surface area contributed by atoms with Crippen LogP contribution < -0.4 is 9.62 Å². The SMILES string of the molecule is Cc1cccc(N(CCCC(=O)Nc2ccc(Cl)cc2C(=O)c2ccccc2)S(C)(=O)=O)c1C. The Labute approximate surface area is 205 Å². The van der Waals surface area contributed by atoms with Gasteiger partial charge in [-0.05, 0) is 55.7 Å². The number of anilines is 2. The number of nitrogens with one attached hydrogen (secondary N) is 1. The molecule has 0 aliphatic rings. The number of ketones is 1. The average Bonchev–Trinajstić information content (AvgIpc) is 2.79. The van der Waals surface area contributed by atoms with Gasteiger partial charge < -0.3 is 5.32 Å². The normalized spacial score (nSPS) is 11.2. The quantitative estimate of drug-likeness (QED) is 0.402. The molecule has 0 spiro atoms. The van der Waals surface area contributed by atoms with Crippen LogP contribution in [0.1, 0.15) is 39.9 Å². The zero-order valence-electron chi connectivity index (χ0n) is 19.3.